The molecular weight excluding hydrogens is 266 g/mol. The van der Waals surface area contributed by atoms with Crippen molar-refractivity contribution in [1.29, 1.82) is 0 Å². The lowest BCUT2D eigenvalue weighted by molar-refractivity contribution is -0.152. The van der Waals surface area contributed by atoms with Crippen molar-refractivity contribution in [2.45, 2.75) is 25.3 Å². The summed E-state index contributed by atoms with van der Waals surface area (Å²) >= 11 is 0. The van der Waals surface area contributed by atoms with Crippen molar-refractivity contribution in [1.82, 2.24) is 5.01 Å². The van der Waals surface area contributed by atoms with Gasteiger partial charge in [-0.2, -0.15) is 5.10 Å². The Kier molecular flexibility index (Phi) is 4.01. The van der Waals surface area contributed by atoms with Crippen molar-refractivity contribution in [2.75, 3.05) is 13.7 Å². The highest BCUT2D eigenvalue weighted by molar-refractivity contribution is 5.82. The molecule has 1 aliphatic rings. The van der Waals surface area contributed by atoms with Gasteiger partial charge in [-0.15, -0.1) is 0 Å². The van der Waals surface area contributed by atoms with Gasteiger partial charge in [-0.25, -0.2) is 13.6 Å². The summed E-state index contributed by atoms with van der Waals surface area (Å²) in [7, 11) is 1.32. The first-order valence-electron chi connectivity index (χ1n) is 6.33. The zero-order valence-corrected chi connectivity index (χ0v) is 11.4. The standard InChI is InChI=1S/C14H16F2N2O2/c1-14(13(19)20-2)7-4-8-18(14)17-9-10-5-3-6-11(15)12(10)16/h3,5-6,9H,4,7-8H2,1-2H3/b17-9+/t14-/m1/s1. The van der Waals surface area contributed by atoms with E-state index in [0.29, 0.717) is 13.0 Å². The van der Waals surface area contributed by atoms with Gasteiger partial charge in [0.15, 0.2) is 17.2 Å². The molecule has 20 heavy (non-hydrogen) atoms. The molecule has 0 aliphatic carbocycles. The zero-order valence-electron chi connectivity index (χ0n) is 11.4. The molecule has 4 nitrogen and oxygen atoms in total. The van der Waals surface area contributed by atoms with Gasteiger partial charge in [-0.3, -0.25) is 5.01 Å². The van der Waals surface area contributed by atoms with Crippen LogP contribution in [0.4, 0.5) is 8.78 Å². The summed E-state index contributed by atoms with van der Waals surface area (Å²) in [5.41, 5.74) is -0.807. The Morgan fingerprint density at radius 3 is 2.95 bits per heavy atom. The van der Waals surface area contributed by atoms with Gasteiger partial charge >= 0.3 is 5.97 Å². The fourth-order valence-electron chi connectivity index (χ4n) is 2.31. The third kappa shape index (κ3) is 2.50. The molecule has 0 saturated carbocycles. The van der Waals surface area contributed by atoms with Crippen LogP contribution in [0.2, 0.25) is 0 Å². The Bertz CT molecular complexity index is 548. The highest BCUT2D eigenvalue weighted by Crippen LogP contribution is 2.30. The number of ether oxygens (including phenoxy) is 1. The molecule has 0 radical (unpaired) electrons. The van der Waals surface area contributed by atoms with Crippen molar-refractivity contribution in [3.05, 3.63) is 35.4 Å². The number of halogens is 2. The van der Waals surface area contributed by atoms with E-state index in [1.165, 1.54) is 25.5 Å². The predicted molar refractivity (Wildman–Crippen MR) is 70.3 cm³/mol. The molecular formula is C14H16F2N2O2. The van der Waals surface area contributed by atoms with Crippen LogP contribution in [0.1, 0.15) is 25.3 Å². The minimum atomic E-state index is -0.949. The minimum absolute atomic E-state index is 0.0455. The SMILES string of the molecule is COC(=O)[C@@]1(C)CCCN1/N=C/c1cccc(F)c1F. The van der Waals surface area contributed by atoms with E-state index in [2.05, 4.69) is 5.10 Å². The van der Waals surface area contributed by atoms with Crippen molar-refractivity contribution >= 4 is 12.2 Å². The Balaban J connectivity index is 2.22. The molecule has 0 spiro atoms. The molecule has 1 fully saturated rings. The van der Waals surface area contributed by atoms with Crippen molar-refractivity contribution < 1.29 is 18.3 Å². The smallest absolute Gasteiger partial charge is 0.333 e. The maximum Gasteiger partial charge on any atom is 0.333 e. The summed E-state index contributed by atoms with van der Waals surface area (Å²) < 4.78 is 31.4. The second-order valence-corrected chi connectivity index (χ2v) is 4.88. The van der Waals surface area contributed by atoms with E-state index in [1.807, 2.05) is 0 Å². The molecule has 108 valence electrons. The van der Waals surface area contributed by atoms with Gasteiger partial charge in [0.2, 0.25) is 0 Å². The maximum absolute atomic E-state index is 13.5. The molecule has 1 aromatic rings. The lowest BCUT2D eigenvalue weighted by Gasteiger charge is -2.29. The molecule has 2 rings (SSSR count). The Labute approximate surface area is 116 Å². The van der Waals surface area contributed by atoms with E-state index in [1.54, 1.807) is 11.9 Å². The third-order valence-electron chi connectivity index (χ3n) is 3.55. The number of esters is 1. The molecule has 0 unspecified atom stereocenters. The fraction of sp³-hybridized carbons (Fsp3) is 0.429. The number of hydrogen-bond acceptors (Lipinski definition) is 4. The van der Waals surface area contributed by atoms with Crippen LogP contribution < -0.4 is 0 Å². The maximum atomic E-state index is 13.5. The van der Waals surface area contributed by atoms with Crippen LogP contribution in [-0.2, 0) is 9.53 Å². The number of rotatable bonds is 3. The van der Waals surface area contributed by atoms with E-state index < -0.39 is 17.2 Å². The quantitative estimate of drug-likeness (QED) is 0.631. The zero-order chi connectivity index (χ0) is 14.8. The summed E-state index contributed by atoms with van der Waals surface area (Å²) in [5.74, 6) is -2.26. The highest BCUT2D eigenvalue weighted by Gasteiger charge is 2.44. The highest BCUT2D eigenvalue weighted by atomic mass is 19.2. The van der Waals surface area contributed by atoms with Crippen LogP contribution in [0.15, 0.2) is 23.3 Å². The second kappa shape index (κ2) is 5.56. The molecule has 0 amide bonds. The molecule has 1 heterocycles. The second-order valence-electron chi connectivity index (χ2n) is 4.88. The first-order valence-corrected chi connectivity index (χ1v) is 6.33. The van der Waals surface area contributed by atoms with Crippen LogP contribution in [0.25, 0.3) is 0 Å². The van der Waals surface area contributed by atoms with E-state index in [0.717, 1.165) is 12.5 Å². The first-order chi connectivity index (χ1) is 9.49. The Morgan fingerprint density at radius 2 is 2.25 bits per heavy atom. The molecule has 0 bridgehead atoms. The molecule has 1 saturated heterocycles. The van der Waals surface area contributed by atoms with Gasteiger partial charge in [-0.05, 0) is 25.8 Å². The summed E-state index contributed by atoms with van der Waals surface area (Å²) in [4.78, 5) is 11.8. The first kappa shape index (κ1) is 14.4. The average Bonchev–Trinajstić information content (AvgIpc) is 2.82. The summed E-state index contributed by atoms with van der Waals surface area (Å²) in [6.07, 6.45) is 2.63. The van der Waals surface area contributed by atoms with Gasteiger partial charge in [-0.1, -0.05) is 12.1 Å². The summed E-state index contributed by atoms with van der Waals surface area (Å²) in [5, 5.41) is 5.68. The molecule has 6 heteroatoms. The van der Waals surface area contributed by atoms with Gasteiger partial charge in [0.1, 0.15) is 0 Å². The molecule has 1 aromatic carbocycles. The number of methoxy groups -OCH3 is 1. The van der Waals surface area contributed by atoms with Crippen LogP contribution >= 0.6 is 0 Å². The monoisotopic (exact) mass is 282 g/mol. The van der Waals surface area contributed by atoms with Gasteiger partial charge < -0.3 is 4.74 Å². The molecule has 0 N–H and O–H groups in total. The Hall–Kier alpha value is -1.98. The predicted octanol–water partition coefficient (Wildman–Crippen LogP) is 2.33. The lowest BCUT2D eigenvalue weighted by Crippen LogP contribution is -2.45. The topological polar surface area (TPSA) is 41.9 Å². The minimum Gasteiger partial charge on any atom is -0.467 e. The molecule has 1 aliphatic heterocycles. The van der Waals surface area contributed by atoms with Crippen molar-refractivity contribution in [2.24, 2.45) is 5.10 Å². The van der Waals surface area contributed by atoms with Crippen LogP contribution in [0.5, 0.6) is 0 Å². The van der Waals surface area contributed by atoms with Gasteiger partial charge in [0.05, 0.1) is 13.3 Å². The average molecular weight is 282 g/mol. The Morgan fingerprint density at radius 1 is 1.50 bits per heavy atom. The number of hydrazone groups is 1. The van der Waals surface area contributed by atoms with E-state index in [-0.39, 0.29) is 11.5 Å². The summed E-state index contributed by atoms with van der Waals surface area (Å²) in [6.45, 7) is 2.30. The van der Waals surface area contributed by atoms with Gasteiger partial charge in [0.25, 0.3) is 0 Å². The fourth-order valence-corrected chi connectivity index (χ4v) is 2.31. The van der Waals surface area contributed by atoms with E-state index >= 15 is 0 Å². The number of carbonyl (C=O) groups excluding carboxylic acids is 1. The van der Waals surface area contributed by atoms with Crippen LogP contribution in [0, 0.1) is 11.6 Å². The van der Waals surface area contributed by atoms with Crippen LogP contribution in [-0.4, -0.2) is 36.4 Å². The van der Waals surface area contributed by atoms with Crippen molar-refractivity contribution in [3.8, 4) is 0 Å². The summed E-state index contributed by atoms with van der Waals surface area (Å²) in [6, 6.07) is 3.87. The van der Waals surface area contributed by atoms with E-state index in [4.69, 9.17) is 4.74 Å². The van der Waals surface area contributed by atoms with Gasteiger partial charge in [0, 0.05) is 12.1 Å². The van der Waals surface area contributed by atoms with Crippen LogP contribution in [0.3, 0.4) is 0 Å². The molecule has 0 aromatic heterocycles. The largest absolute Gasteiger partial charge is 0.467 e. The third-order valence-corrected chi connectivity index (χ3v) is 3.55. The van der Waals surface area contributed by atoms with E-state index in [9.17, 15) is 13.6 Å². The lowest BCUT2D eigenvalue weighted by atomic mass is 10.0. The number of carbonyl (C=O) groups is 1. The normalized spacial score (nSPS) is 22.5. The number of hydrogen-bond donors (Lipinski definition) is 0. The number of benzene rings is 1. The molecule has 1 atom stereocenters. The number of nitrogens with zero attached hydrogens (tertiary/aromatic N) is 2. The van der Waals surface area contributed by atoms with Crippen molar-refractivity contribution in [3.63, 3.8) is 0 Å².